The molecule has 1 unspecified atom stereocenters. The lowest BCUT2D eigenvalue weighted by atomic mass is 9.92. The number of nitrogens with one attached hydrogen (secondary N) is 1. The van der Waals surface area contributed by atoms with Crippen LogP contribution in [-0.4, -0.2) is 33.0 Å². The zero-order valence-electron chi connectivity index (χ0n) is 18.1. The highest BCUT2D eigenvalue weighted by Crippen LogP contribution is 2.32. The maximum absolute atomic E-state index is 6.18. The number of aromatic nitrogens is 3. The predicted molar refractivity (Wildman–Crippen MR) is 138 cm³/mol. The molecule has 4 aromatic rings. The lowest BCUT2D eigenvalue weighted by molar-refractivity contribution is -0.0875. The van der Waals surface area contributed by atoms with Gasteiger partial charge in [0, 0.05) is 54.8 Å². The maximum atomic E-state index is 6.18. The van der Waals surface area contributed by atoms with E-state index in [1.807, 2.05) is 30.7 Å². The zero-order chi connectivity index (χ0) is 22.4. The number of nitrogens with zero attached hydrogens (tertiary/aromatic N) is 3. The average molecular weight is 550 g/mol. The van der Waals surface area contributed by atoms with E-state index in [9.17, 15) is 0 Å². The Balaban J connectivity index is 1.08. The Morgan fingerprint density at radius 3 is 2.73 bits per heavy atom. The summed E-state index contributed by atoms with van der Waals surface area (Å²) in [4.78, 5) is 8.56. The van der Waals surface area contributed by atoms with Crippen molar-refractivity contribution in [2.24, 2.45) is 7.05 Å². The van der Waals surface area contributed by atoms with Gasteiger partial charge in [0.2, 0.25) is 0 Å². The molecule has 2 aliphatic rings. The van der Waals surface area contributed by atoms with Crippen molar-refractivity contribution in [1.29, 1.82) is 0 Å². The molecule has 7 heteroatoms. The molecule has 1 atom stereocenters. The lowest BCUT2D eigenvalue weighted by Gasteiger charge is -2.37. The van der Waals surface area contributed by atoms with Crippen LogP contribution < -0.4 is 10.1 Å². The predicted octanol–water partition coefficient (Wildman–Crippen LogP) is 5.18. The molecular formula is C26H23IN4O2. The first-order chi connectivity index (χ1) is 16.1. The Morgan fingerprint density at radius 1 is 1.03 bits per heavy atom. The Hall–Kier alpha value is -2.91. The molecule has 1 saturated carbocycles. The molecule has 1 aliphatic heterocycles. The van der Waals surface area contributed by atoms with Crippen molar-refractivity contribution in [3.8, 4) is 5.75 Å². The number of rotatable bonds is 5. The van der Waals surface area contributed by atoms with E-state index in [0.29, 0.717) is 0 Å². The third-order valence-electron chi connectivity index (χ3n) is 6.39. The van der Waals surface area contributed by atoms with Crippen molar-refractivity contribution >= 4 is 50.0 Å². The number of allylic oxidation sites excluding steroid dienone is 2. The molecule has 4 heterocycles. The smallest absolute Gasteiger partial charge is 0.147 e. The largest absolute Gasteiger partial charge is 0.489 e. The van der Waals surface area contributed by atoms with Gasteiger partial charge >= 0.3 is 0 Å². The van der Waals surface area contributed by atoms with Crippen LogP contribution >= 0.6 is 22.6 Å². The summed E-state index contributed by atoms with van der Waals surface area (Å²) in [6.07, 6.45) is 13.9. The minimum absolute atomic E-state index is 0.118. The van der Waals surface area contributed by atoms with Crippen molar-refractivity contribution in [3.05, 3.63) is 82.6 Å². The van der Waals surface area contributed by atoms with E-state index in [2.05, 4.69) is 85.9 Å². The first-order valence-corrected chi connectivity index (χ1v) is 12.1. The van der Waals surface area contributed by atoms with Gasteiger partial charge in [-0.25, -0.2) is 4.98 Å². The number of pyridine rings is 2. The molecule has 3 aromatic heterocycles. The van der Waals surface area contributed by atoms with Crippen molar-refractivity contribution < 1.29 is 9.47 Å². The standard InChI is InChI=1S/C26H23IN4O2/c1-31-23-8-9-28-15-22(23)21-5-2-16(10-24(21)31)17-3-7-26(30-13-17)33-20-11-19(12-20)32-18-4-6-25(27)29-14-18/h2-10,13-15,19-20,26,30H,11-12H2,1H3. The van der Waals surface area contributed by atoms with E-state index in [-0.39, 0.29) is 18.4 Å². The Morgan fingerprint density at radius 2 is 1.94 bits per heavy atom. The number of halogens is 1. The lowest BCUT2D eigenvalue weighted by Crippen LogP contribution is -2.43. The molecule has 33 heavy (non-hydrogen) atoms. The minimum atomic E-state index is -0.118. The van der Waals surface area contributed by atoms with E-state index in [0.717, 1.165) is 27.9 Å². The third-order valence-corrected chi connectivity index (χ3v) is 7.03. The molecule has 1 aliphatic carbocycles. The number of aryl methyl sites for hydroxylation is 1. The summed E-state index contributed by atoms with van der Waals surface area (Å²) in [5.74, 6) is 0.821. The van der Waals surface area contributed by atoms with Crippen LogP contribution in [0.3, 0.4) is 0 Å². The van der Waals surface area contributed by atoms with Crippen LogP contribution in [-0.2, 0) is 11.8 Å². The Labute approximate surface area is 205 Å². The summed E-state index contributed by atoms with van der Waals surface area (Å²) >= 11 is 2.19. The molecule has 6 nitrogen and oxygen atoms in total. The second-order valence-corrected chi connectivity index (χ2v) is 9.62. The first kappa shape index (κ1) is 20.7. The summed E-state index contributed by atoms with van der Waals surface area (Å²) < 4.78 is 15.3. The van der Waals surface area contributed by atoms with E-state index < -0.39 is 0 Å². The highest BCUT2D eigenvalue weighted by Gasteiger charge is 2.33. The van der Waals surface area contributed by atoms with Crippen molar-refractivity contribution in [1.82, 2.24) is 19.9 Å². The van der Waals surface area contributed by atoms with Crippen molar-refractivity contribution in [2.45, 2.75) is 31.3 Å². The fourth-order valence-electron chi connectivity index (χ4n) is 4.52. The summed E-state index contributed by atoms with van der Waals surface area (Å²) in [6, 6.07) is 12.6. The summed E-state index contributed by atoms with van der Waals surface area (Å²) in [7, 11) is 2.10. The van der Waals surface area contributed by atoms with Gasteiger partial charge in [0.15, 0.2) is 0 Å². The molecule has 0 radical (unpaired) electrons. The molecule has 1 fully saturated rings. The number of ether oxygens (including phenoxy) is 2. The Bertz CT molecular complexity index is 1390. The van der Waals surface area contributed by atoms with Crippen LogP contribution in [0.25, 0.3) is 27.4 Å². The van der Waals surface area contributed by atoms with Crippen LogP contribution in [0.15, 0.2) is 73.3 Å². The van der Waals surface area contributed by atoms with Gasteiger partial charge < -0.3 is 19.4 Å². The van der Waals surface area contributed by atoms with Gasteiger partial charge in [-0.05, 0) is 64.1 Å². The van der Waals surface area contributed by atoms with Gasteiger partial charge in [-0.1, -0.05) is 18.2 Å². The maximum Gasteiger partial charge on any atom is 0.147 e. The topological polar surface area (TPSA) is 61.2 Å². The molecule has 0 amide bonds. The molecule has 1 aromatic carbocycles. The highest BCUT2D eigenvalue weighted by molar-refractivity contribution is 14.1. The van der Waals surface area contributed by atoms with Gasteiger partial charge in [0.25, 0.3) is 0 Å². The number of benzene rings is 1. The van der Waals surface area contributed by atoms with Crippen LogP contribution in [0.2, 0.25) is 0 Å². The summed E-state index contributed by atoms with van der Waals surface area (Å²) in [6.45, 7) is 0. The second-order valence-electron chi connectivity index (χ2n) is 8.52. The van der Waals surface area contributed by atoms with E-state index >= 15 is 0 Å². The van der Waals surface area contributed by atoms with Gasteiger partial charge in [0.05, 0.1) is 17.8 Å². The van der Waals surface area contributed by atoms with E-state index in [1.165, 1.54) is 27.4 Å². The van der Waals surface area contributed by atoms with Crippen LogP contribution in [0.5, 0.6) is 5.75 Å². The van der Waals surface area contributed by atoms with Crippen LogP contribution in [0.4, 0.5) is 0 Å². The fraction of sp³-hybridized carbons (Fsp3) is 0.231. The van der Waals surface area contributed by atoms with Gasteiger partial charge in [-0.2, -0.15) is 0 Å². The zero-order valence-corrected chi connectivity index (χ0v) is 20.3. The fourth-order valence-corrected chi connectivity index (χ4v) is 4.84. The van der Waals surface area contributed by atoms with Crippen LogP contribution in [0.1, 0.15) is 18.4 Å². The second kappa shape index (κ2) is 8.46. The molecule has 0 saturated heterocycles. The molecule has 166 valence electrons. The van der Waals surface area contributed by atoms with E-state index in [4.69, 9.17) is 9.47 Å². The third kappa shape index (κ3) is 4.00. The number of hydrogen-bond acceptors (Lipinski definition) is 5. The van der Waals surface area contributed by atoms with Gasteiger partial charge in [0.1, 0.15) is 21.8 Å². The van der Waals surface area contributed by atoms with Crippen LogP contribution in [0, 0.1) is 3.70 Å². The number of dihydropyridines is 1. The normalized spacial score (nSPS) is 22.1. The summed E-state index contributed by atoms with van der Waals surface area (Å²) in [5, 5.41) is 5.79. The number of fused-ring (bicyclic) bond motifs is 3. The quantitative estimate of drug-likeness (QED) is 0.274. The monoisotopic (exact) mass is 550 g/mol. The molecule has 1 N–H and O–H groups in total. The molecule has 6 rings (SSSR count). The average Bonchev–Trinajstić information content (AvgIpc) is 3.11. The highest BCUT2D eigenvalue weighted by atomic mass is 127. The SMILES string of the molecule is Cn1c2ccncc2c2ccc(C3=CNC(OC4CC(Oc5ccc(I)nc5)C4)C=C3)cc21. The van der Waals surface area contributed by atoms with E-state index in [1.54, 1.807) is 6.20 Å². The minimum Gasteiger partial charge on any atom is -0.489 e. The molecule has 0 bridgehead atoms. The van der Waals surface area contributed by atoms with Crippen molar-refractivity contribution in [3.63, 3.8) is 0 Å². The molecular weight excluding hydrogens is 527 g/mol. The molecule has 0 spiro atoms. The van der Waals surface area contributed by atoms with Gasteiger partial charge in [-0.3, -0.25) is 4.98 Å². The van der Waals surface area contributed by atoms with Crippen molar-refractivity contribution in [2.75, 3.05) is 0 Å². The number of hydrogen-bond donors (Lipinski definition) is 1. The first-order valence-electron chi connectivity index (χ1n) is 11.0. The Kier molecular flexibility index (Phi) is 5.30. The van der Waals surface area contributed by atoms with Gasteiger partial charge in [-0.15, -0.1) is 0 Å². The summed E-state index contributed by atoms with van der Waals surface area (Å²) in [5.41, 5.74) is 4.71.